The lowest BCUT2D eigenvalue weighted by atomic mass is 9.97. The quantitative estimate of drug-likeness (QED) is 0.329. The number of aliphatic hydroxyl groups is 1. The molecule has 3 aromatic heterocycles. The maximum absolute atomic E-state index is 10.7. The highest BCUT2D eigenvalue weighted by molar-refractivity contribution is 5.87. The number of hydrogen-bond acceptors (Lipinski definition) is 9. The summed E-state index contributed by atoms with van der Waals surface area (Å²) in [6, 6.07) is 11.7. The normalized spacial score (nSPS) is 15.9. The Kier molecular flexibility index (Phi) is 5.83. The highest BCUT2D eigenvalue weighted by Crippen LogP contribution is 2.33. The summed E-state index contributed by atoms with van der Waals surface area (Å²) in [5, 5.41) is 14.0. The van der Waals surface area contributed by atoms with Gasteiger partial charge < -0.3 is 24.6 Å². The van der Waals surface area contributed by atoms with Crippen molar-refractivity contribution in [3.63, 3.8) is 0 Å². The number of benzene rings is 2. The van der Waals surface area contributed by atoms with Crippen LogP contribution in [0.3, 0.4) is 0 Å². The lowest BCUT2D eigenvalue weighted by molar-refractivity contribution is 0.0531. The van der Waals surface area contributed by atoms with Gasteiger partial charge in [-0.05, 0) is 69.5 Å². The van der Waals surface area contributed by atoms with Crippen molar-refractivity contribution in [2.24, 2.45) is 7.05 Å². The van der Waals surface area contributed by atoms with Crippen molar-refractivity contribution in [3.8, 4) is 11.5 Å². The molecule has 10 nitrogen and oxygen atoms in total. The van der Waals surface area contributed by atoms with Crippen molar-refractivity contribution >= 4 is 39.5 Å². The Bertz CT molecular complexity index is 1640. The van der Waals surface area contributed by atoms with E-state index in [1.807, 2.05) is 68.8 Å². The summed E-state index contributed by atoms with van der Waals surface area (Å²) >= 11 is 0. The first-order chi connectivity index (χ1) is 18.3. The molecular weight excluding hydrogens is 480 g/mol. The van der Waals surface area contributed by atoms with Gasteiger partial charge in [0.05, 0.1) is 35.2 Å². The third-order valence-corrected chi connectivity index (χ3v) is 7.05. The number of nitrogens with one attached hydrogen (secondary N) is 1. The van der Waals surface area contributed by atoms with Crippen LogP contribution in [0.2, 0.25) is 0 Å². The highest BCUT2D eigenvalue weighted by Gasteiger charge is 2.37. The first kappa shape index (κ1) is 24.1. The van der Waals surface area contributed by atoms with Crippen LogP contribution in [0.1, 0.15) is 32.3 Å². The van der Waals surface area contributed by atoms with Crippen LogP contribution in [-0.4, -0.2) is 52.8 Å². The van der Waals surface area contributed by atoms with Crippen molar-refractivity contribution in [2.45, 2.75) is 45.3 Å². The van der Waals surface area contributed by atoms with E-state index in [2.05, 4.69) is 30.2 Å². The van der Waals surface area contributed by atoms with E-state index in [1.54, 1.807) is 12.5 Å². The van der Waals surface area contributed by atoms with Crippen LogP contribution in [0.4, 0.5) is 17.5 Å². The van der Waals surface area contributed by atoms with Crippen LogP contribution in [0.25, 0.3) is 22.1 Å². The topological polar surface area (TPSA) is 114 Å². The van der Waals surface area contributed by atoms with Crippen LogP contribution >= 0.6 is 0 Å². The molecule has 38 heavy (non-hydrogen) atoms. The van der Waals surface area contributed by atoms with E-state index in [9.17, 15) is 5.11 Å². The number of imidazole rings is 1. The molecule has 5 aromatic rings. The average Bonchev–Trinajstić information content (AvgIpc) is 3.53. The molecule has 1 saturated heterocycles. The van der Waals surface area contributed by atoms with E-state index < -0.39 is 5.60 Å². The Labute approximate surface area is 220 Å². The molecule has 1 fully saturated rings. The van der Waals surface area contributed by atoms with Gasteiger partial charge in [0.15, 0.2) is 5.82 Å². The van der Waals surface area contributed by atoms with Gasteiger partial charge in [0.2, 0.25) is 5.95 Å². The van der Waals surface area contributed by atoms with Crippen LogP contribution in [0.15, 0.2) is 55.2 Å². The maximum Gasteiger partial charge on any atom is 0.226 e. The Morgan fingerprint density at radius 1 is 1.05 bits per heavy atom. The van der Waals surface area contributed by atoms with Gasteiger partial charge in [-0.3, -0.25) is 0 Å². The SMILES string of the molecule is Cc1cc(Nc2ncnc3cnc(N4CCCC4C(C)(C)O)nc23)ccc1Oc1ccc2c(c1)ncn2C. The largest absolute Gasteiger partial charge is 0.457 e. The molecule has 0 bridgehead atoms. The minimum Gasteiger partial charge on any atom is -0.457 e. The highest BCUT2D eigenvalue weighted by atomic mass is 16.5. The van der Waals surface area contributed by atoms with Crippen molar-refractivity contribution < 1.29 is 9.84 Å². The molecule has 0 saturated carbocycles. The molecule has 10 heteroatoms. The second kappa shape index (κ2) is 9.21. The second-order valence-electron chi connectivity index (χ2n) is 10.3. The van der Waals surface area contributed by atoms with E-state index in [0.717, 1.165) is 53.2 Å². The summed E-state index contributed by atoms with van der Waals surface area (Å²) in [4.78, 5) is 24.7. The Hall–Kier alpha value is -4.31. The lowest BCUT2D eigenvalue weighted by Crippen LogP contribution is -2.46. The molecule has 1 aliphatic heterocycles. The molecule has 1 atom stereocenters. The van der Waals surface area contributed by atoms with Crippen molar-refractivity contribution in [1.29, 1.82) is 0 Å². The fourth-order valence-electron chi connectivity index (χ4n) is 5.10. The molecule has 2 aromatic carbocycles. The summed E-state index contributed by atoms with van der Waals surface area (Å²) < 4.78 is 8.14. The van der Waals surface area contributed by atoms with Gasteiger partial charge >= 0.3 is 0 Å². The monoisotopic (exact) mass is 510 g/mol. The minimum atomic E-state index is -0.853. The summed E-state index contributed by atoms with van der Waals surface area (Å²) in [6.45, 7) is 6.46. The number of fused-ring (bicyclic) bond motifs is 2. The van der Waals surface area contributed by atoms with Crippen LogP contribution in [-0.2, 0) is 7.05 Å². The van der Waals surface area contributed by atoms with E-state index in [0.29, 0.717) is 22.8 Å². The van der Waals surface area contributed by atoms with E-state index in [4.69, 9.17) is 9.72 Å². The fourth-order valence-corrected chi connectivity index (χ4v) is 5.10. The van der Waals surface area contributed by atoms with Gasteiger partial charge in [0.1, 0.15) is 28.9 Å². The van der Waals surface area contributed by atoms with Crippen molar-refractivity contribution in [3.05, 3.63) is 60.8 Å². The van der Waals surface area contributed by atoms with E-state index >= 15 is 0 Å². The van der Waals surface area contributed by atoms with Crippen molar-refractivity contribution in [2.75, 3.05) is 16.8 Å². The first-order valence-electron chi connectivity index (χ1n) is 12.7. The van der Waals surface area contributed by atoms with Gasteiger partial charge in [0.25, 0.3) is 0 Å². The minimum absolute atomic E-state index is 0.0467. The van der Waals surface area contributed by atoms with Gasteiger partial charge in [-0.2, -0.15) is 0 Å². The molecule has 6 rings (SSSR count). The third-order valence-electron chi connectivity index (χ3n) is 7.05. The molecule has 4 heterocycles. The maximum atomic E-state index is 10.7. The molecule has 0 amide bonds. The molecule has 1 unspecified atom stereocenters. The summed E-state index contributed by atoms with van der Waals surface area (Å²) in [6.07, 6.45) is 6.88. The Morgan fingerprint density at radius 3 is 2.74 bits per heavy atom. The van der Waals surface area contributed by atoms with Gasteiger partial charge in [-0.1, -0.05) is 0 Å². The number of aryl methyl sites for hydroxylation is 2. The van der Waals surface area contributed by atoms with Crippen LogP contribution < -0.4 is 15.0 Å². The first-order valence-corrected chi connectivity index (χ1v) is 12.7. The molecule has 0 aliphatic carbocycles. The summed E-state index contributed by atoms with van der Waals surface area (Å²) in [5.41, 5.74) is 4.18. The second-order valence-corrected chi connectivity index (χ2v) is 10.3. The predicted molar refractivity (Wildman–Crippen MR) is 147 cm³/mol. The van der Waals surface area contributed by atoms with Gasteiger partial charge in [-0.25, -0.2) is 24.9 Å². The number of rotatable bonds is 6. The third kappa shape index (κ3) is 4.47. The van der Waals surface area contributed by atoms with Gasteiger partial charge in [0, 0.05) is 25.3 Å². The number of hydrogen-bond donors (Lipinski definition) is 2. The van der Waals surface area contributed by atoms with Crippen molar-refractivity contribution in [1.82, 2.24) is 29.5 Å². The molecule has 0 radical (unpaired) electrons. The molecule has 1 aliphatic rings. The molecule has 194 valence electrons. The fraction of sp³-hybridized carbons (Fsp3) is 0.321. The molecule has 2 N–H and O–H groups in total. The zero-order chi connectivity index (χ0) is 26.4. The van der Waals surface area contributed by atoms with E-state index in [-0.39, 0.29) is 6.04 Å². The standard InChI is InChI=1S/C28H30N8O2/c1-17-12-18(7-10-23(17)38-19-8-9-22-20(13-19)32-16-35(22)4)33-26-25-21(30-15-31-26)14-29-27(34-25)36-11-5-6-24(36)28(2,3)37/h7-10,12-16,24,37H,5-6,11H2,1-4H3,(H,30,31,33). The van der Waals surface area contributed by atoms with Crippen LogP contribution in [0.5, 0.6) is 11.5 Å². The number of ether oxygens (including phenoxy) is 1. The van der Waals surface area contributed by atoms with E-state index in [1.165, 1.54) is 6.33 Å². The summed E-state index contributed by atoms with van der Waals surface area (Å²) in [5.74, 6) is 2.66. The van der Waals surface area contributed by atoms with Crippen LogP contribution in [0, 0.1) is 6.92 Å². The van der Waals surface area contributed by atoms with Gasteiger partial charge in [-0.15, -0.1) is 0 Å². The Balaban J connectivity index is 1.26. The predicted octanol–water partition coefficient (Wildman–Crippen LogP) is 4.89. The number of anilines is 3. The number of nitrogens with zero attached hydrogens (tertiary/aromatic N) is 7. The summed E-state index contributed by atoms with van der Waals surface area (Å²) in [7, 11) is 1.97. The smallest absolute Gasteiger partial charge is 0.226 e. The zero-order valence-corrected chi connectivity index (χ0v) is 21.9. The lowest BCUT2D eigenvalue weighted by Gasteiger charge is -2.33. The zero-order valence-electron chi connectivity index (χ0n) is 21.9. The molecule has 0 spiro atoms. The number of aromatic nitrogens is 6. The Morgan fingerprint density at radius 2 is 1.92 bits per heavy atom. The molecular formula is C28H30N8O2. The average molecular weight is 511 g/mol.